The van der Waals surface area contributed by atoms with Crippen LogP contribution in [-0.2, 0) is 32.5 Å². The van der Waals surface area contributed by atoms with Gasteiger partial charge in [-0.25, -0.2) is 27.9 Å². The maximum absolute atomic E-state index is 13.6. The third-order valence-electron chi connectivity index (χ3n) is 6.91. The van der Waals surface area contributed by atoms with Crippen LogP contribution >= 0.6 is 0 Å². The molecular weight excluding hydrogens is 544 g/mol. The molecular formula is C29H30N6O5S. The fourth-order valence-electron chi connectivity index (χ4n) is 4.73. The average molecular weight is 575 g/mol. The van der Waals surface area contributed by atoms with Crippen LogP contribution in [0.5, 0.6) is 0 Å². The molecule has 0 aliphatic carbocycles. The minimum atomic E-state index is -3.92. The lowest BCUT2D eigenvalue weighted by atomic mass is 9.95. The fraction of sp³-hybridized carbons (Fsp3) is 0.276. The number of para-hydroxylation sites is 1. The molecule has 212 valence electrons. The van der Waals surface area contributed by atoms with Gasteiger partial charge in [-0.2, -0.15) is 0 Å². The number of pyridine rings is 1. The van der Waals surface area contributed by atoms with Crippen molar-refractivity contribution in [2.45, 2.75) is 44.2 Å². The van der Waals surface area contributed by atoms with Gasteiger partial charge >= 0.3 is 5.97 Å². The van der Waals surface area contributed by atoms with Gasteiger partial charge in [-0.15, -0.1) is 0 Å². The van der Waals surface area contributed by atoms with E-state index in [2.05, 4.69) is 31.8 Å². The number of likely N-dealkylation sites (N-methyl/N-ethyl adjacent to an activating group) is 1. The van der Waals surface area contributed by atoms with Crippen molar-refractivity contribution in [2.75, 3.05) is 23.1 Å². The number of carbonyl (C=O) groups excluding carboxylic acids is 2. The lowest BCUT2D eigenvalue weighted by Crippen LogP contribution is -2.35. The van der Waals surface area contributed by atoms with Crippen LogP contribution in [0.4, 0.5) is 11.6 Å². The van der Waals surface area contributed by atoms with E-state index < -0.39 is 28.0 Å². The Kier molecular flexibility index (Phi) is 8.22. The number of aromatic nitrogens is 3. The van der Waals surface area contributed by atoms with Gasteiger partial charge in [0.2, 0.25) is 5.95 Å². The molecule has 1 unspecified atom stereocenters. The number of fused-ring (bicyclic) bond motifs is 2. The van der Waals surface area contributed by atoms with E-state index in [1.165, 1.54) is 36.7 Å². The molecule has 4 aromatic rings. The smallest absolute Gasteiger partial charge is 0.340 e. The number of esters is 1. The number of sulfonamides is 1. The van der Waals surface area contributed by atoms with Gasteiger partial charge in [-0.3, -0.25) is 14.7 Å². The molecule has 2 N–H and O–H groups in total. The number of benzene rings is 2. The van der Waals surface area contributed by atoms with Crippen molar-refractivity contribution in [1.82, 2.24) is 19.9 Å². The van der Waals surface area contributed by atoms with E-state index in [1.807, 2.05) is 24.3 Å². The summed E-state index contributed by atoms with van der Waals surface area (Å²) in [5.41, 5.74) is 3.22. The van der Waals surface area contributed by atoms with Gasteiger partial charge in [-0.1, -0.05) is 32.0 Å². The highest BCUT2D eigenvalue weighted by Gasteiger charge is 2.29. The lowest BCUT2D eigenvalue weighted by Gasteiger charge is -2.29. The Morgan fingerprint density at radius 1 is 1.02 bits per heavy atom. The lowest BCUT2D eigenvalue weighted by molar-refractivity contribution is -0.124. The number of hydrogen-bond donors (Lipinski definition) is 2. The molecule has 1 aliphatic heterocycles. The maximum atomic E-state index is 13.6. The molecule has 41 heavy (non-hydrogen) atoms. The highest BCUT2D eigenvalue weighted by atomic mass is 32.2. The summed E-state index contributed by atoms with van der Waals surface area (Å²) in [5.74, 6) is -1.15. The van der Waals surface area contributed by atoms with Crippen molar-refractivity contribution in [3.05, 3.63) is 83.8 Å². The molecule has 5 rings (SSSR count). The molecule has 1 atom stereocenters. The predicted molar refractivity (Wildman–Crippen MR) is 154 cm³/mol. The van der Waals surface area contributed by atoms with E-state index in [0.717, 1.165) is 30.8 Å². The molecule has 1 amide bonds. The first-order valence-corrected chi connectivity index (χ1v) is 14.8. The summed E-state index contributed by atoms with van der Waals surface area (Å²) in [6.45, 7) is 6.11. The second-order valence-corrected chi connectivity index (χ2v) is 11.2. The summed E-state index contributed by atoms with van der Waals surface area (Å²) in [5, 5.41) is 3.41. The number of nitrogens with one attached hydrogen (secondary N) is 2. The summed E-state index contributed by atoms with van der Waals surface area (Å²) in [6.07, 6.45) is 2.76. The fourth-order valence-corrected chi connectivity index (χ4v) is 5.69. The zero-order valence-corrected chi connectivity index (χ0v) is 23.5. The predicted octanol–water partition coefficient (Wildman–Crippen LogP) is 3.78. The monoisotopic (exact) mass is 574 g/mol. The minimum Gasteiger partial charge on any atom is -0.449 e. The second-order valence-electron chi connectivity index (χ2n) is 9.54. The Labute approximate surface area is 238 Å². The molecule has 2 aromatic heterocycles. The summed E-state index contributed by atoms with van der Waals surface area (Å²) in [6, 6.07) is 14.6. The molecule has 2 aromatic carbocycles. The molecule has 0 radical (unpaired) electrons. The molecule has 12 heteroatoms. The number of anilines is 2. The summed E-state index contributed by atoms with van der Waals surface area (Å²) >= 11 is 0. The first-order valence-electron chi connectivity index (χ1n) is 13.3. The Hall–Kier alpha value is -4.42. The van der Waals surface area contributed by atoms with E-state index in [9.17, 15) is 18.0 Å². The largest absolute Gasteiger partial charge is 0.449 e. The Morgan fingerprint density at radius 3 is 2.46 bits per heavy atom. The molecule has 0 fully saturated rings. The first-order chi connectivity index (χ1) is 19.8. The van der Waals surface area contributed by atoms with Gasteiger partial charge in [0, 0.05) is 54.2 Å². The van der Waals surface area contributed by atoms with Crippen LogP contribution in [0.3, 0.4) is 0 Å². The van der Waals surface area contributed by atoms with Crippen molar-refractivity contribution in [1.29, 1.82) is 0 Å². The first kappa shape index (κ1) is 28.1. The third kappa shape index (κ3) is 6.18. The normalized spacial score (nSPS) is 14.2. The van der Waals surface area contributed by atoms with Crippen molar-refractivity contribution in [2.24, 2.45) is 0 Å². The third-order valence-corrected chi connectivity index (χ3v) is 8.26. The standard InChI is InChI=1S/C29H30N6O5S/c1-3-25(27(36)32-19-10-12-20(13-11-19)41(38,39)34-29-30-15-7-16-31-29)40-28(37)26-21-8-5-6-9-23(21)33-24-14-17-35(4-2)18-22(24)26/h5-13,15-16,25H,3-4,14,17-18H2,1-2H3,(H,32,36)(H,30,31,34). The molecule has 11 nitrogen and oxygen atoms in total. The van der Waals surface area contributed by atoms with Crippen LogP contribution in [0.1, 0.15) is 41.9 Å². The number of hydrogen-bond acceptors (Lipinski definition) is 9. The van der Waals surface area contributed by atoms with Crippen molar-refractivity contribution < 1.29 is 22.7 Å². The van der Waals surface area contributed by atoms with E-state index in [0.29, 0.717) is 28.7 Å². The van der Waals surface area contributed by atoms with Gasteiger partial charge < -0.3 is 10.1 Å². The second kappa shape index (κ2) is 12.0. The molecule has 0 saturated carbocycles. The highest BCUT2D eigenvalue weighted by Crippen LogP contribution is 2.29. The highest BCUT2D eigenvalue weighted by molar-refractivity contribution is 7.92. The molecule has 0 bridgehead atoms. The Bertz CT molecular complexity index is 1680. The SMILES string of the molecule is CCC(OC(=O)c1c2c(nc3ccccc13)CCN(CC)C2)C(=O)Nc1ccc(S(=O)(=O)Nc2ncccn2)cc1. The Balaban J connectivity index is 1.32. The van der Waals surface area contributed by atoms with Crippen molar-refractivity contribution in [3.8, 4) is 0 Å². The van der Waals surface area contributed by atoms with Crippen molar-refractivity contribution >= 4 is 44.4 Å². The van der Waals surface area contributed by atoms with E-state index >= 15 is 0 Å². The Morgan fingerprint density at radius 2 is 1.76 bits per heavy atom. The van der Waals surface area contributed by atoms with Gasteiger partial charge in [0.05, 0.1) is 16.0 Å². The van der Waals surface area contributed by atoms with Crippen LogP contribution in [0.15, 0.2) is 71.9 Å². The van der Waals surface area contributed by atoms with Crippen LogP contribution in [-0.4, -0.2) is 59.3 Å². The summed E-state index contributed by atoms with van der Waals surface area (Å²) < 4.78 is 33.4. The van der Waals surface area contributed by atoms with Crippen LogP contribution in [0, 0.1) is 0 Å². The number of amides is 1. The van der Waals surface area contributed by atoms with E-state index in [4.69, 9.17) is 9.72 Å². The number of rotatable bonds is 9. The topological polar surface area (TPSA) is 143 Å². The zero-order chi connectivity index (χ0) is 29.0. The minimum absolute atomic E-state index is 0.0307. The zero-order valence-electron chi connectivity index (χ0n) is 22.7. The summed E-state index contributed by atoms with van der Waals surface area (Å²) in [4.78, 5) is 41.5. The number of ether oxygens (including phenoxy) is 1. The van der Waals surface area contributed by atoms with Crippen LogP contribution < -0.4 is 10.0 Å². The van der Waals surface area contributed by atoms with Crippen LogP contribution in [0.2, 0.25) is 0 Å². The summed E-state index contributed by atoms with van der Waals surface area (Å²) in [7, 11) is -3.92. The van der Waals surface area contributed by atoms with Gasteiger partial charge in [-0.05, 0) is 49.4 Å². The molecule has 3 heterocycles. The van der Waals surface area contributed by atoms with E-state index in [1.54, 1.807) is 13.0 Å². The van der Waals surface area contributed by atoms with Gasteiger partial charge in [0.15, 0.2) is 6.10 Å². The van der Waals surface area contributed by atoms with Crippen LogP contribution in [0.25, 0.3) is 10.9 Å². The number of carbonyl (C=O) groups is 2. The van der Waals surface area contributed by atoms with Gasteiger partial charge in [0.25, 0.3) is 15.9 Å². The quantitative estimate of drug-likeness (QED) is 0.286. The average Bonchev–Trinajstić information content (AvgIpc) is 2.98. The van der Waals surface area contributed by atoms with Crippen molar-refractivity contribution in [3.63, 3.8) is 0 Å². The number of nitrogens with zero attached hydrogens (tertiary/aromatic N) is 4. The molecule has 0 saturated heterocycles. The molecule has 1 aliphatic rings. The van der Waals surface area contributed by atoms with E-state index in [-0.39, 0.29) is 17.3 Å². The maximum Gasteiger partial charge on any atom is 0.340 e. The molecule has 0 spiro atoms. The van der Waals surface area contributed by atoms with Gasteiger partial charge in [0.1, 0.15) is 0 Å².